The van der Waals surface area contributed by atoms with Crippen LogP contribution >= 0.6 is 0 Å². The Kier molecular flexibility index (Phi) is 3.87. The molecule has 2 aliphatic rings. The highest BCUT2D eigenvalue weighted by Gasteiger charge is 2.53. The van der Waals surface area contributed by atoms with E-state index in [0.717, 1.165) is 38.8 Å². The molecule has 1 spiro atoms. The van der Waals surface area contributed by atoms with Gasteiger partial charge < -0.3 is 5.32 Å². The van der Waals surface area contributed by atoms with Crippen LogP contribution in [-0.4, -0.2) is 33.0 Å². The molecule has 1 heterocycles. The van der Waals surface area contributed by atoms with Crippen LogP contribution in [0.2, 0.25) is 0 Å². The van der Waals surface area contributed by atoms with E-state index in [9.17, 15) is 8.42 Å². The minimum absolute atomic E-state index is 0.0629. The Bertz CT molecular complexity index is 625. The maximum Gasteiger partial charge on any atom is 0.150 e. The van der Waals surface area contributed by atoms with Crippen molar-refractivity contribution < 1.29 is 8.42 Å². The van der Waals surface area contributed by atoms with Crippen LogP contribution in [0.4, 0.5) is 0 Å². The summed E-state index contributed by atoms with van der Waals surface area (Å²) in [4.78, 5) is 0. The number of rotatable bonds is 2. The number of nitrogens with one attached hydrogen (secondary N) is 1. The zero-order valence-corrected chi connectivity index (χ0v) is 13.7. The van der Waals surface area contributed by atoms with E-state index in [2.05, 4.69) is 36.5 Å². The maximum atomic E-state index is 12.3. The first kappa shape index (κ1) is 15.0. The van der Waals surface area contributed by atoms with Gasteiger partial charge in [0.05, 0.1) is 5.25 Å². The third-order valence-electron chi connectivity index (χ3n) is 5.52. The molecule has 3 atom stereocenters. The lowest BCUT2D eigenvalue weighted by atomic mass is 9.66. The molecule has 4 heteroatoms. The maximum absolute atomic E-state index is 12.3. The van der Waals surface area contributed by atoms with Crippen LogP contribution in [0, 0.1) is 12.3 Å². The Morgan fingerprint density at radius 2 is 2.10 bits per heavy atom. The normalized spacial score (nSPS) is 33.4. The van der Waals surface area contributed by atoms with Crippen LogP contribution in [0.5, 0.6) is 0 Å². The van der Waals surface area contributed by atoms with E-state index >= 15 is 0 Å². The van der Waals surface area contributed by atoms with E-state index in [4.69, 9.17) is 0 Å². The average molecular weight is 307 g/mol. The van der Waals surface area contributed by atoms with Crippen molar-refractivity contribution in [3.05, 3.63) is 35.4 Å². The zero-order valence-electron chi connectivity index (χ0n) is 12.9. The third kappa shape index (κ3) is 2.64. The third-order valence-corrected chi connectivity index (χ3v) is 7.26. The van der Waals surface area contributed by atoms with Gasteiger partial charge in [0, 0.05) is 18.7 Å². The first-order valence-corrected chi connectivity index (χ1v) is 9.85. The van der Waals surface area contributed by atoms with E-state index in [1.165, 1.54) is 17.4 Å². The number of hydrogen-bond donors (Lipinski definition) is 1. The molecular weight excluding hydrogens is 282 g/mol. The molecule has 1 aromatic rings. The average Bonchev–Trinajstić information content (AvgIpc) is 2.83. The molecule has 1 saturated carbocycles. The van der Waals surface area contributed by atoms with Gasteiger partial charge in [-0.15, -0.1) is 0 Å². The van der Waals surface area contributed by atoms with Crippen molar-refractivity contribution in [3.8, 4) is 0 Å². The molecule has 0 amide bonds. The largest absolute Gasteiger partial charge is 0.316 e. The summed E-state index contributed by atoms with van der Waals surface area (Å²) < 4.78 is 24.7. The number of piperidine rings is 1. The van der Waals surface area contributed by atoms with Gasteiger partial charge in [0.25, 0.3) is 0 Å². The van der Waals surface area contributed by atoms with E-state index in [0.29, 0.717) is 5.92 Å². The van der Waals surface area contributed by atoms with Gasteiger partial charge in [0.2, 0.25) is 0 Å². The molecule has 1 aliphatic carbocycles. The topological polar surface area (TPSA) is 46.2 Å². The van der Waals surface area contributed by atoms with Gasteiger partial charge in [-0.1, -0.05) is 36.2 Å². The van der Waals surface area contributed by atoms with Crippen molar-refractivity contribution in [2.75, 3.05) is 19.3 Å². The molecule has 0 bridgehead atoms. The second-order valence-corrected chi connectivity index (χ2v) is 9.09. The van der Waals surface area contributed by atoms with Crippen molar-refractivity contribution in [1.82, 2.24) is 5.32 Å². The molecule has 1 N–H and O–H groups in total. The summed E-state index contributed by atoms with van der Waals surface area (Å²) in [7, 11) is -2.99. The highest BCUT2D eigenvalue weighted by atomic mass is 32.2. The fraction of sp³-hybridized carbons (Fsp3) is 0.647. The van der Waals surface area contributed by atoms with Gasteiger partial charge in [-0.2, -0.15) is 0 Å². The molecule has 3 rings (SSSR count). The molecule has 3 nitrogen and oxygen atoms in total. The van der Waals surface area contributed by atoms with Crippen LogP contribution in [0.15, 0.2) is 24.3 Å². The monoisotopic (exact) mass is 307 g/mol. The molecule has 2 fully saturated rings. The first-order valence-electron chi connectivity index (χ1n) is 7.90. The summed E-state index contributed by atoms with van der Waals surface area (Å²) in [5, 5.41) is 3.31. The van der Waals surface area contributed by atoms with Crippen LogP contribution in [0.25, 0.3) is 0 Å². The Labute approximate surface area is 128 Å². The van der Waals surface area contributed by atoms with E-state index < -0.39 is 9.84 Å². The fourth-order valence-corrected chi connectivity index (χ4v) is 6.52. The smallest absolute Gasteiger partial charge is 0.150 e. The number of hydrogen-bond acceptors (Lipinski definition) is 3. The Hall–Kier alpha value is -0.870. The molecule has 21 heavy (non-hydrogen) atoms. The van der Waals surface area contributed by atoms with Crippen LogP contribution in [-0.2, 0) is 9.84 Å². The molecule has 1 aromatic carbocycles. The quantitative estimate of drug-likeness (QED) is 0.913. The molecule has 116 valence electrons. The van der Waals surface area contributed by atoms with Crippen molar-refractivity contribution in [2.24, 2.45) is 5.41 Å². The van der Waals surface area contributed by atoms with E-state index in [1.807, 2.05) is 0 Å². The predicted molar refractivity (Wildman–Crippen MR) is 86.3 cm³/mol. The standard InChI is InChI=1S/C17H25NO2S/c1-13-5-3-6-14(11-13)15-12-18-10-9-17(15)8-4-7-16(17)21(2,19)20/h3,5-6,11,15-16,18H,4,7-10,12H2,1-2H3. The molecular formula is C17H25NO2S. The molecule has 0 aromatic heterocycles. The molecule has 1 aliphatic heterocycles. The molecule has 0 radical (unpaired) electrons. The summed E-state index contributed by atoms with van der Waals surface area (Å²) in [6.07, 6.45) is 5.33. The Morgan fingerprint density at radius 1 is 1.29 bits per heavy atom. The van der Waals surface area contributed by atoms with Gasteiger partial charge in [-0.25, -0.2) is 8.42 Å². The lowest BCUT2D eigenvalue weighted by Crippen LogP contribution is -2.49. The van der Waals surface area contributed by atoms with Crippen molar-refractivity contribution >= 4 is 9.84 Å². The van der Waals surface area contributed by atoms with Gasteiger partial charge in [-0.3, -0.25) is 0 Å². The molecule has 3 unspecified atom stereocenters. The lowest BCUT2D eigenvalue weighted by Gasteiger charge is -2.45. The summed E-state index contributed by atoms with van der Waals surface area (Å²) in [6, 6.07) is 8.60. The summed E-state index contributed by atoms with van der Waals surface area (Å²) in [6.45, 7) is 3.94. The Morgan fingerprint density at radius 3 is 2.81 bits per heavy atom. The van der Waals surface area contributed by atoms with Crippen molar-refractivity contribution in [2.45, 2.75) is 43.8 Å². The predicted octanol–water partition coefficient (Wildman–Crippen LogP) is 2.66. The highest BCUT2D eigenvalue weighted by Crippen LogP contribution is 2.54. The van der Waals surface area contributed by atoms with Crippen LogP contribution in [0.1, 0.15) is 42.7 Å². The first-order chi connectivity index (χ1) is 9.93. The fourth-order valence-electron chi connectivity index (χ4n) is 4.67. The Balaban J connectivity index is 2.05. The lowest BCUT2D eigenvalue weighted by molar-refractivity contribution is 0.173. The van der Waals surface area contributed by atoms with E-state index in [-0.39, 0.29) is 10.7 Å². The summed E-state index contributed by atoms with van der Waals surface area (Å²) in [5.41, 5.74) is 2.49. The number of sulfone groups is 1. The minimum Gasteiger partial charge on any atom is -0.316 e. The second-order valence-electron chi connectivity index (χ2n) is 6.86. The summed E-state index contributed by atoms with van der Waals surface area (Å²) in [5.74, 6) is 0.313. The van der Waals surface area contributed by atoms with Crippen LogP contribution in [0.3, 0.4) is 0 Å². The van der Waals surface area contributed by atoms with Crippen molar-refractivity contribution in [3.63, 3.8) is 0 Å². The SMILES string of the molecule is Cc1cccc(C2CNCCC23CCCC3S(C)(=O)=O)c1. The van der Waals surface area contributed by atoms with Gasteiger partial charge in [0.15, 0.2) is 9.84 Å². The second kappa shape index (κ2) is 5.40. The molecule has 1 saturated heterocycles. The number of benzene rings is 1. The highest BCUT2D eigenvalue weighted by molar-refractivity contribution is 7.91. The van der Waals surface area contributed by atoms with Gasteiger partial charge in [-0.05, 0) is 43.7 Å². The zero-order chi connectivity index (χ0) is 15.1. The minimum atomic E-state index is -2.99. The summed E-state index contributed by atoms with van der Waals surface area (Å²) >= 11 is 0. The van der Waals surface area contributed by atoms with E-state index in [1.54, 1.807) is 0 Å². The van der Waals surface area contributed by atoms with Gasteiger partial charge in [0.1, 0.15) is 0 Å². The van der Waals surface area contributed by atoms with Crippen molar-refractivity contribution in [1.29, 1.82) is 0 Å². The van der Waals surface area contributed by atoms with Gasteiger partial charge >= 0.3 is 0 Å². The number of aryl methyl sites for hydroxylation is 1. The van der Waals surface area contributed by atoms with Crippen LogP contribution < -0.4 is 5.32 Å².